The number of hydrogen-bond donors (Lipinski definition) is 0. The molecule has 9 heteroatoms. The largest absolute Gasteiger partial charge is 0.357 e. The Bertz CT molecular complexity index is 1020. The molecule has 2 aliphatic heterocycles. The van der Waals surface area contributed by atoms with Crippen molar-refractivity contribution < 1.29 is 13.2 Å². The summed E-state index contributed by atoms with van der Waals surface area (Å²) in [5.74, 6) is 1.17. The second kappa shape index (κ2) is 8.63. The van der Waals surface area contributed by atoms with Gasteiger partial charge in [-0.3, -0.25) is 4.79 Å². The van der Waals surface area contributed by atoms with Crippen LogP contribution in [0.1, 0.15) is 55.4 Å². The van der Waals surface area contributed by atoms with Crippen LogP contribution in [0.4, 0.5) is 5.82 Å². The van der Waals surface area contributed by atoms with Crippen molar-refractivity contribution in [2.45, 2.75) is 44.9 Å². The molecule has 0 spiro atoms. The topological polar surface area (TPSA) is 88.4 Å². The van der Waals surface area contributed by atoms with Gasteiger partial charge >= 0.3 is 0 Å². The molecule has 4 rings (SSSR count). The number of pyridine rings is 1. The number of carbonyl (C=O) groups is 1. The van der Waals surface area contributed by atoms with Crippen LogP contribution >= 0.6 is 0 Å². The lowest BCUT2D eigenvalue weighted by Gasteiger charge is -2.29. The molecule has 0 aliphatic carbocycles. The first-order chi connectivity index (χ1) is 14.3. The average molecular weight is 434 g/mol. The zero-order chi connectivity index (χ0) is 21.3. The van der Waals surface area contributed by atoms with Crippen molar-refractivity contribution in [1.29, 1.82) is 0 Å². The third-order valence-corrected chi connectivity index (χ3v) is 7.69. The Balaban J connectivity index is 1.48. The molecule has 0 bridgehead atoms. The highest BCUT2D eigenvalue weighted by molar-refractivity contribution is 7.88. The third-order valence-electron chi connectivity index (χ3n) is 6.38. The van der Waals surface area contributed by atoms with Crippen LogP contribution in [0.3, 0.4) is 0 Å². The number of sulfonamides is 1. The van der Waals surface area contributed by atoms with Gasteiger partial charge in [-0.2, -0.15) is 5.10 Å². The molecule has 0 unspecified atom stereocenters. The number of ketones is 1. The van der Waals surface area contributed by atoms with Crippen molar-refractivity contribution in [3.05, 3.63) is 17.8 Å². The molecule has 0 radical (unpaired) electrons. The maximum Gasteiger partial charge on any atom is 0.211 e. The molecule has 8 nitrogen and oxygen atoms in total. The fraction of sp³-hybridized carbons (Fsp3) is 0.667. The van der Waals surface area contributed by atoms with E-state index >= 15 is 0 Å². The van der Waals surface area contributed by atoms with Crippen LogP contribution in [0.25, 0.3) is 11.0 Å². The summed E-state index contributed by atoms with van der Waals surface area (Å²) in [5, 5.41) is 5.29. The van der Waals surface area contributed by atoms with Crippen molar-refractivity contribution >= 4 is 32.7 Å². The molecule has 4 heterocycles. The van der Waals surface area contributed by atoms with Crippen molar-refractivity contribution in [2.75, 3.05) is 37.3 Å². The minimum Gasteiger partial charge on any atom is -0.357 e. The first kappa shape index (κ1) is 21.2. The lowest BCUT2D eigenvalue weighted by molar-refractivity contribution is 0.0941. The molecule has 2 aliphatic rings. The molecule has 0 atom stereocenters. The standard InChI is InChI=1S/C21H31N5O3S/c1-24-21-17(7-8-19(22-21)25-11-5-3-4-6-12-25)20(23-24)18(27)15-16-9-13-26(14-10-16)30(2,28)29/h7-8,16H,3-6,9-15H2,1-2H3. The zero-order valence-corrected chi connectivity index (χ0v) is 18.7. The van der Waals surface area contributed by atoms with E-state index in [-0.39, 0.29) is 11.7 Å². The lowest BCUT2D eigenvalue weighted by Crippen LogP contribution is -2.38. The van der Waals surface area contributed by atoms with E-state index < -0.39 is 10.0 Å². The highest BCUT2D eigenvalue weighted by atomic mass is 32.2. The minimum absolute atomic E-state index is 0.0164. The van der Waals surface area contributed by atoms with E-state index in [0.29, 0.717) is 38.0 Å². The van der Waals surface area contributed by atoms with Crippen molar-refractivity contribution in [3.63, 3.8) is 0 Å². The number of anilines is 1. The van der Waals surface area contributed by atoms with Crippen LogP contribution in [-0.2, 0) is 17.1 Å². The fourth-order valence-electron chi connectivity index (χ4n) is 4.61. The molecule has 30 heavy (non-hydrogen) atoms. The number of rotatable bonds is 5. The highest BCUT2D eigenvalue weighted by Crippen LogP contribution is 2.27. The van der Waals surface area contributed by atoms with Gasteiger partial charge in [-0.1, -0.05) is 12.8 Å². The number of aryl methyl sites for hydroxylation is 1. The molecule has 2 aromatic rings. The van der Waals surface area contributed by atoms with Gasteiger partial charge in [0.15, 0.2) is 11.4 Å². The smallest absolute Gasteiger partial charge is 0.211 e. The molecule has 0 saturated carbocycles. The molecular weight excluding hydrogens is 402 g/mol. The monoisotopic (exact) mass is 433 g/mol. The van der Waals surface area contributed by atoms with Crippen molar-refractivity contribution in [1.82, 2.24) is 19.1 Å². The second-order valence-electron chi connectivity index (χ2n) is 8.65. The third kappa shape index (κ3) is 4.51. The van der Waals surface area contributed by atoms with E-state index in [4.69, 9.17) is 4.98 Å². The van der Waals surface area contributed by atoms with Gasteiger partial charge in [0.05, 0.1) is 11.6 Å². The first-order valence-electron chi connectivity index (χ1n) is 10.9. The van der Waals surface area contributed by atoms with E-state index in [1.54, 1.807) is 4.68 Å². The maximum absolute atomic E-state index is 13.0. The Labute approximate surface area is 178 Å². The predicted octanol–water partition coefficient (Wildman–Crippen LogP) is 2.59. The van der Waals surface area contributed by atoms with E-state index in [1.807, 2.05) is 19.2 Å². The Hall–Kier alpha value is -2.00. The maximum atomic E-state index is 13.0. The number of hydrogen-bond acceptors (Lipinski definition) is 6. The number of Topliss-reactive ketones (excluding diaryl/α,β-unsaturated/α-hetero) is 1. The zero-order valence-electron chi connectivity index (χ0n) is 17.9. The summed E-state index contributed by atoms with van der Waals surface area (Å²) in [6, 6.07) is 3.99. The number of fused-ring (bicyclic) bond motifs is 1. The molecule has 164 valence electrons. The van der Waals surface area contributed by atoms with Crippen molar-refractivity contribution in [2.24, 2.45) is 13.0 Å². The first-order valence-corrected chi connectivity index (χ1v) is 12.7. The molecule has 0 amide bonds. The molecule has 2 aromatic heterocycles. The molecule has 0 aromatic carbocycles. The van der Waals surface area contributed by atoms with Gasteiger partial charge in [0.1, 0.15) is 11.5 Å². The summed E-state index contributed by atoms with van der Waals surface area (Å²) in [4.78, 5) is 20.2. The van der Waals surface area contributed by atoms with E-state index in [2.05, 4.69) is 10.00 Å². The Kier molecular flexibility index (Phi) is 6.11. The lowest BCUT2D eigenvalue weighted by atomic mass is 9.91. The van der Waals surface area contributed by atoms with Crippen LogP contribution in [0, 0.1) is 5.92 Å². The molecule has 2 saturated heterocycles. The molecule has 2 fully saturated rings. The SMILES string of the molecule is Cn1nc(C(=O)CC2CCN(S(C)(=O)=O)CC2)c2ccc(N3CCCCCC3)nc21. The second-order valence-corrected chi connectivity index (χ2v) is 10.6. The van der Waals surface area contributed by atoms with E-state index in [0.717, 1.165) is 29.9 Å². The summed E-state index contributed by atoms with van der Waals surface area (Å²) >= 11 is 0. The fourth-order valence-corrected chi connectivity index (χ4v) is 5.48. The van der Waals surface area contributed by atoms with Gasteiger partial charge in [-0.25, -0.2) is 22.4 Å². The van der Waals surface area contributed by atoms with Gasteiger partial charge in [0.2, 0.25) is 10.0 Å². The summed E-state index contributed by atoms with van der Waals surface area (Å²) in [5.41, 5.74) is 1.22. The van der Waals surface area contributed by atoms with E-state index in [1.165, 1.54) is 36.2 Å². The van der Waals surface area contributed by atoms with Gasteiger partial charge in [0, 0.05) is 39.6 Å². The van der Waals surface area contributed by atoms with Crippen LogP contribution in [0.5, 0.6) is 0 Å². The predicted molar refractivity (Wildman–Crippen MR) is 117 cm³/mol. The quantitative estimate of drug-likeness (QED) is 0.674. The van der Waals surface area contributed by atoms with Crippen molar-refractivity contribution in [3.8, 4) is 0 Å². The van der Waals surface area contributed by atoms with Gasteiger partial charge < -0.3 is 4.90 Å². The van der Waals surface area contributed by atoms with Crippen LogP contribution < -0.4 is 4.90 Å². The normalized spacial score (nSPS) is 19.9. The number of nitrogens with zero attached hydrogens (tertiary/aromatic N) is 5. The van der Waals surface area contributed by atoms with Crippen LogP contribution in [0.2, 0.25) is 0 Å². The van der Waals surface area contributed by atoms with E-state index in [9.17, 15) is 13.2 Å². The summed E-state index contributed by atoms with van der Waals surface area (Å²) in [6.45, 7) is 3.02. The summed E-state index contributed by atoms with van der Waals surface area (Å²) in [6.07, 6.45) is 7.98. The Morgan fingerprint density at radius 2 is 1.73 bits per heavy atom. The number of aromatic nitrogens is 3. The van der Waals surface area contributed by atoms with Gasteiger partial charge in [0.25, 0.3) is 0 Å². The summed E-state index contributed by atoms with van der Waals surface area (Å²) in [7, 11) is -1.31. The van der Waals surface area contributed by atoms with Crippen LogP contribution in [0.15, 0.2) is 12.1 Å². The number of carbonyl (C=O) groups excluding carboxylic acids is 1. The van der Waals surface area contributed by atoms with Gasteiger partial charge in [-0.15, -0.1) is 0 Å². The summed E-state index contributed by atoms with van der Waals surface area (Å²) < 4.78 is 26.6. The van der Waals surface area contributed by atoms with Gasteiger partial charge in [-0.05, 0) is 43.7 Å². The Morgan fingerprint density at radius 3 is 2.37 bits per heavy atom. The Morgan fingerprint density at radius 1 is 1.07 bits per heavy atom. The average Bonchev–Trinajstić information content (AvgIpc) is 2.88. The molecule has 0 N–H and O–H groups in total. The minimum atomic E-state index is -3.15. The number of piperidine rings is 1. The highest BCUT2D eigenvalue weighted by Gasteiger charge is 2.28. The van der Waals surface area contributed by atoms with Crippen LogP contribution in [-0.4, -0.2) is 65.7 Å². The molecular formula is C21H31N5O3S.